The lowest BCUT2D eigenvalue weighted by molar-refractivity contribution is 0.608. The minimum absolute atomic E-state index is 0.0733. The number of hydrogen-bond acceptors (Lipinski definition) is 2. The maximum atomic E-state index is 10.4. The molecule has 2 nitrogen and oxygen atoms in total. The van der Waals surface area contributed by atoms with E-state index < -0.39 is 9.05 Å². The van der Waals surface area contributed by atoms with Gasteiger partial charge >= 0.3 is 0 Å². The van der Waals surface area contributed by atoms with E-state index >= 15 is 0 Å². The molecule has 0 rings (SSSR count). The Balaban J connectivity index is 4.45. The zero-order valence-electron chi connectivity index (χ0n) is 5.39. The lowest BCUT2D eigenvalue weighted by atomic mass is 10.2. The molecule has 0 bridgehead atoms. The van der Waals surface area contributed by atoms with Crippen molar-refractivity contribution in [3.8, 4) is 0 Å². The predicted octanol–water partition coefficient (Wildman–Crippen LogP) is 1.72. The van der Waals surface area contributed by atoms with Gasteiger partial charge in [0.2, 0.25) is 0 Å². The van der Waals surface area contributed by atoms with Crippen molar-refractivity contribution < 1.29 is 8.42 Å². The van der Waals surface area contributed by atoms with Gasteiger partial charge in [0.15, 0.2) is 0 Å². The summed E-state index contributed by atoms with van der Waals surface area (Å²) < 4.78 is 20.9. The van der Waals surface area contributed by atoms with Crippen molar-refractivity contribution in [2.24, 2.45) is 5.92 Å². The zero-order valence-corrected chi connectivity index (χ0v) is 6.96. The van der Waals surface area contributed by atoms with Gasteiger partial charge in [-0.1, -0.05) is 20.4 Å². The molecule has 0 spiro atoms. The van der Waals surface area contributed by atoms with Gasteiger partial charge in [0.1, 0.15) is 0 Å². The molecule has 9 heavy (non-hydrogen) atoms. The third kappa shape index (κ3) is 2.87. The maximum Gasteiger partial charge on any atom is 0.257 e. The van der Waals surface area contributed by atoms with Crippen LogP contribution in [0.4, 0.5) is 0 Å². The Morgan fingerprint density at radius 3 is 1.89 bits per heavy atom. The van der Waals surface area contributed by atoms with Crippen LogP contribution in [-0.4, -0.2) is 8.42 Å². The number of rotatable bonds is 2. The first-order chi connectivity index (χ1) is 3.85. The molecular formula is C5H9ClO2S. The maximum absolute atomic E-state index is 10.4. The molecule has 0 atom stereocenters. The van der Waals surface area contributed by atoms with E-state index in [1.807, 2.05) is 0 Å². The molecule has 0 heterocycles. The lowest BCUT2D eigenvalue weighted by Gasteiger charge is -2.02. The van der Waals surface area contributed by atoms with Crippen LogP contribution in [0.1, 0.15) is 13.8 Å². The predicted molar refractivity (Wildman–Crippen MR) is 38.8 cm³/mol. The van der Waals surface area contributed by atoms with Crippen molar-refractivity contribution >= 4 is 19.7 Å². The Kier molecular flexibility index (Phi) is 2.70. The molecule has 0 aliphatic carbocycles. The fourth-order valence-electron chi connectivity index (χ4n) is 0.282. The summed E-state index contributed by atoms with van der Waals surface area (Å²) >= 11 is 0. The van der Waals surface area contributed by atoms with E-state index in [1.165, 1.54) is 0 Å². The van der Waals surface area contributed by atoms with Gasteiger partial charge in [-0.25, -0.2) is 8.42 Å². The van der Waals surface area contributed by atoms with Crippen LogP contribution in [0.25, 0.3) is 0 Å². The first-order valence-corrected chi connectivity index (χ1v) is 4.80. The smallest absolute Gasteiger partial charge is 0.207 e. The molecule has 54 valence electrons. The Morgan fingerprint density at radius 1 is 1.56 bits per heavy atom. The summed E-state index contributed by atoms with van der Waals surface area (Å²) in [5.41, 5.74) is 0. The van der Waals surface area contributed by atoms with Gasteiger partial charge in [-0.2, -0.15) is 0 Å². The molecule has 0 N–H and O–H groups in total. The van der Waals surface area contributed by atoms with Gasteiger partial charge < -0.3 is 0 Å². The van der Waals surface area contributed by atoms with Crippen molar-refractivity contribution in [2.45, 2.75) is 13.8 Å². The Bertz CT molecular complexity index is 203. The van der Waals surface area contributed by atoms with E-state index in [4.69, 9.17) is 10.7 Å². The van der Waals surface area contributed by atoms with Gasteiger partial charge in [0.05, 0.1) is 4.91 Å². The number of hydrogen-bond donors (Lipinski definition) is 0. The van der Waals surface area contributed by atoms with Crippen LogP contribution < -0.4 is 0 Å². The summed E-state index contributed by atoms with van der Waals surface area (Å²) in [6, 6.07) is 0. The normalized spacial score (nSPS) is 12.0. The standard InChI is InChI=1S/C5H9ClO2S/c1-4(2)5(3)9(6,7)8/h4H,3H2,1-2H3. The third-order valence-electron chi connectivity index (χ3n) is 0.957. The highest BCUT2D eigenvalue weighted by Crippen LogP contribution is 2.17. The molecule has 0 aliphatic rings. The van der Waals surface area contributed by atoms with Gasteiger partial charge in [0.25, 0.3) is 9.05 Å². The van der Waals surface area contributed by atoms with Crippen LogP contribution in [0.3, 0.4) is 0 Å². The highest BCUT2D eigenvalue weighted by Gasteiger charge is 2.13. The van der Waals surface area contributed by atoms with Gasteiger partial charge in [-0.05, 0) is 5.92 Å². The monoisotopic (exact) mass is 168 g/mol. The molecule has 0 aromatic rings. The second-order valence-electron chi connectivity index (χ2n) is 2.06. The van der Waals surface area contributed by atoms with E-state index in [0.29, 0.717) is 0 Å². The van der Waals surface area contributed by atoms with Gasteiger partial charge in [-0.15, -0.1) is 0 Å². The second-order valence-corrected chi connectivity index (χ2v) is 4.68. The molecule has 0 aliphatic heterocycles. The first-order valence-electron chi connectivity index (χ1n) is 2.49. The quantitative estimate of drug-likeness (QED) is 0.589. The molecule has 0 amide bonds. The highest BCUT2D eigenvalue weighted by atomic mass is 35.7. The minimum atomic E-state index is -3.52. The van der Waals surface area contributed by atoms with Crippen LogP contribution in [0, 0.1) is 5.92 Å². The summed E-state index contributed by atoms with van der Waals surface area (Å²) in [5, 5.41) is 0. The average Bonchev–Trinajstić information content (AvgIpc) is 1.62. The van der Waals surface area contributed by atoms with Crippen LogP contribution in [0.2, 0.25) is 0 Å². The number of halogens is 1. The Morgan fingerprint density at radius 2 is 1.89 bits per heavy atom. The van der Waals surface area contributed by atoms with Gasteiger partial charge in [0, 0.05) is 10.7 Å². The molecule has 0 radical (unpaired) electrons. The van der Waals surface area contributed by atoms with E-state index in [2.05, 4.69) is 6.58 Å². The van der Waals surface area contributed by atoms with Crippen LogP contribution >= 0.6 is 10.7 Å². The fraction of sp³-hybridized carbons (Fsp3) is 0.600. The first kappa shape index (κ1) is 8.98. The van der Waals surface area contributed by atoms with Gasteiger partial charge in [-0.3, -0.25) is 0 Å². The largest absolute Gasteiger partial charge is 0.257 e. The molecule has 0 aromatic carbocycles. The minimum Gasteiger partial charge on any atom is -0.207 e. The summed E-state index contributed by atoms with van der Waals surface area (Å²) in [6.45, 7) is 6.75. The highest BCUT2D eigenvalue weighted by molar-refractivity contribution is 8.16. The SMILES string of the molecule is C=C(C(C)C)S(=O)(=O)Cl. The van der Waals surface area contributed by atoms with E-state index in [-0.39, 0.29) is 10.8 Å². The fourth-order valence-corrected chi connectivity index (χ4v) is 1.38. The Hall–Kier alpha value is -0.0200. The molecule has 0 saturated carbocycles. The summed E-state index contributed by atoms with van der Waals surface area (Å²) in [5.74, 6) is -0.104. The molecule has 4 heteroatoms. The van der Waals surface area contributed by atoms with Crippen molar-refractivity contribution in [3.05, 3.63) is 11.5 Å². The second kappa shape index (κ2) is 2.71. The summed E-state index contributed by atoms with van der Waals surface area (Å²) in [4.78, 5) is 0.0733. The average molecular weight is 169 g/mol. The zero-order chi connectivity index (χ0) is 7.65. The molecule has 0 fully saturated rings. The lowest BCUT2D eigenvalue weighted by Crippen LogP contribution is -2.00. The van der Waals surface area contributed by atoms with Crippen LogP contribution in [0.5, 0.6) is 0 Å². The van der Waals surface area contributed by atoms with Crippen LogP contribution in [0.15, 0.2) is 11.5 Å². The van der Waals surface area contributed by atoms with Crippen molar-refractivity contribution in [1.29, 1.82) is 0 Å². The van der Waals surface area contributed by atoms with Crippen molar-refractivity contribution in [1.82, 2.24) is 0 Å². The molecular weight excluding hydrogens is 160 g/mol. The molecule has 0 unspecified atom stereocenters. The molecule has 0 saturated heterocycles. The Labute approximate surface area is 59.9 Å². The van der Waals surface area contributed by atoms with E-state index in [1.54, 1.807) is 13.8 Å². The van der Waals surface area contributed by atoms with Crippen LogP contribution in [-0.2, 0) is 9.05 Å². The van der Waals surface area contributed by atoms with E-state index in [0.717, 1.165) is 0 Å². The number of allylic oxidation sites excluding steroid dienone is 1. The van der Waals surface area contributed by atoms with E-state index in [9.17, 15) is 8.42 Å². The summed E-state index contributed by atoms with van der Waals surface area (Å²) in [7, 11) is 1.43. The van der Waals surface area contributed by atoms with Crippen molar-refractivity contribution in [3.63, 3.8) is 0 Å². The third-order valence-corrected chi connectivity index (χ3v) is 2.65. The molecule has 0 aromatic heterocycles. The van der Waals surface area contributed by atoms with Crippen molar-refractivity contribution in [2.75, 3.05) is 0 Å². The topological polar surface area (TPSA) is 34.1 Å². The summed E-state index contributed by atoms with van der Waals surface area (Å²) in [6.07, 6.45) is 0.